The molecule has 1 heterocycles. The van der Waals surface area contributed by atoms with Crippen LogP contribution in [0.4, 0.5) is 5.82 Å². The highest BCUT2D eigenvalue weighted by molar-refractivity contribution is 5.40. The number of pyridine rings is 1. The van der Waals surface area contributed by atoms with Crippen molar-refractivity contribution in [3.8, 4) is 0 Å². The number of hydrogen-bond donors (Lipinski definition) is 1. The first kappa shape index (κ1) is 14.1. The first-order valence-corrected chi connectivity index (χ1v) is 7.62. The molecule has 1 aliphatic carbocycles. The van der Waals surface area contributed by atoms with E-state index >= 15 is 0 Å². The van der Waals surface area contributed by atoms with E-state index in [-0.39, 0.29) is 0 Å². The summed E-state index contributed by atoms with van der Waals surface area (Å²) in [5.41, 5.74) is 2.80. The molecule has 2 atom stereocenters. The van der Waals surface area contributed by atoms with Crippen molar-refractivity contribution in [2.75, 3.05) is 25.6 Å². The molecule has 2 aromatic rings. The highest BCUT2D eigenvalue weighted by Gasteiger charge is 2.39. The summed E-state index contributed by atoms with van der Waals surface area (Å²) in [6.45, 7) is 1.68. The van der Waals surface area contributed by atoms with Crippen LogP contribution in [0.3, 0.4) is 0 Å². The van der Waals surface area contributed by atoms with Gasteiger partial charge in [-0.15, -0.1) is 0 Å². The van der Waals surface area contributed by atoms with Crippen LogP contribution in [0.1, 0.15) is 35.8 Å². The number of nitrogens with zero attached hydrogens (tertiary/aromatic N) is 1. The molecule has 3 rings (SSSR count). The van der Waals surface area contributed by atoms with E-state index in [9.17, 15) is 0 Å². The molecule has 110 valence electrons. The number of benzene rings is 1. The summed E-state index contributed by atoms with van der Waals surface area (Å²) < 4.78 is 5.03. The second-order valence-corrected chi connectivity index (χ2v) is 5.61. The van der Waals surface area contributed by atoms with Crippen LogP contribution in [0.15, 0.2) is 48.7 Å². The van der Waals surface area contributed by atoms with Gasteiger partial charge in [-0.2, -0.15) is 0 Å². The Morgan fingerprint density at radius 3 is 2.62 bits per heavy atom. The molecule has 1 fully saturated rings. The Labute approximate surface area is 126 Å². The molecule has 1 N–H and O–H groups in total. The van der Waals surface area contributed by atoms with Gasteiger partial charge in [0.25, 0.3) is 0 Å². The van der Waals surface area contributed by atoms with Gasteiger partial charge in [0.15, 0.2) is 0 Å². The van der Waals surface area contributed by atoms with E-state index in [0.29, 0.717) is 11.8 Å². The third kappa shape index (κ3) is 3.61. The largest absolute Gasteiger partial charge is 0.385 e. The second-order valence-electron chi connectivity index (χ2n) is 5.61. The van der Waals surface area contributed by atoms with Crippen LogP contribution < -0.4 is 5.32 Å². The van der Waals surface area contributed by atoms with Crippen molar-refractivity contribution in [2.45, 2.75) is 24.7 Å². The lowest BCUT2D eigenvalue weighted by atomic mass is 10.1. The Kier molecular flexibility index (Phi) is 4.51. The molecule has 1 aromatic carbocycles. The zero-order chi connectivity index (χ0) is 14.5. The molecule has 3 nitrogen and oxygen atoms in total. The quantitative estimate of drug-likeness (QED) is 0.784. The normalized spacial score (nSPS) is 20.2. The topological polar surface area (TPSA) is 34.1 Å². The molecular formula is C18H22N2O. The number of hydrogen-bond acceptors (Lipinski definition) is 3. The van der Waals surface area contributed by atoms with Gasteiger partial charge >= 0.3 is 0 Å². The van der Waals surface area contributed by atoms with E-state index in [1.807, 2.05) is 6.20 Å². The summed E-state index contributed by atoms with van der Waals surface area (Å²) in [6.07, 6.45) is 4.26. The molecule has 0 amide bonds. The highest BCUT2D eigenvalue weighted by Crippen LogP contribution is 2.54. The van der Waals surface area contributed by atoms with Gasteiger partial charge in [-0.25, -0.2) is 4.98 Å². The standard InChI is InChI=1S/C18H22N2O/c1-21-11-5-10-19-18-9-8-15(13-20-18)17-12-16(17)14-6-3-2-4-7-14/h2-4,6-9,13,16-17H,5,10-12H2,1H3,(H,19,20)/t16-,17-/m0/s1. The van der Waals surface area contributed by atoms with Gasteiger partial charge in [0.2, 0.25) is 0 Å². The smallest absolute Gasteiger partial charge is 0.125 e. The highest BCUT2D eigenvalue weighted by atomic mass is 16.5. The lowest BCUT2D eigenvalue weighted by Gasteiger charge is -2.06. The van der Waals surface area contributed by atoms with Gasteiger partial charge in [0, 0.05) is 26.5 Å². The van der Waals surface area contributed by atoms with Gasteiger partial charge in [0.05, 0.1) is 0 Å². The maximum absolute atomic E-state index is 5.03. The Balaban J connectivity index is 1.54. The fraction of sp³-hybridized carbons (Fsp3) is 0.389. The average Bonchev–Trinajstić information content (AvgIpc) is 3.34. The van der Waals surface area contributed by atoms with Gasteiger partial charge in [0.1, 0.15) is 5.82 Å². The molecule has 3 heteroatoms. The number of methoxy groups -OCH3 is 1. The van der Waals surface area contributed by atoms with E-state index in [4.69, 9.17) is 4.74 Å². The molecule has 0 unspecified atom stereocenters. The predicted octanol–water partition coefficient (Wildman–Crippen LogP) is 3.80. The minimum Gasteiger partial charge on any atom is -0.385 e. The van der Waals surface area contributed by atoms with Crippen LogP contribution >= 0.6 is 0 Å². The van der Waals surface area contributed by atoms with Crippen LogP contribution in [0.2, 0.25) is 0 Å². The predicted molar refractivity (Wildman–Crippen MR) is 85.8 cm³/mol. The van der Waals surface area contributed by atoms with Crippen LogP contribution in [-0.4, -0.2) is 25.2 Å². The second kappa shape index (κ2) is 6.72. The average molecular weight is 282 g/mol. The molecule has 21 heavy (non-hydrogen) atoms. The summed E-state index contributed by atoms with van der Waals surface area (Å²) in [7, 11) is 1.73. The Bertz CT molecular complexity index is 553. The fourth-order valence-corrected chi connectivity index (χ4v) is 2.79. The van der Waals surface area contributed by atoms with Crippen LogP contribution in [-0.2, 0) is 4.74 Å². The summed E-state index contributed by atoms with van der Waals surface area (Å²) in [6, 6.07) is 15.1. The van der Waals surface area contributed by atoms with Crippen molar-refractivity contribution in [3.63, 3.8) is 0 Å². The van der Waals surface area contributed by atoms with Crippen molar-refractivity contribution >= 4 is 5.82 Å². The monoisotopic (exact) mass is 282 g/mol. The number of aromatic nitrogens is 1. The molecular weight excluding hydrogens is 260 g/mol. The molecule has 0 aliphatic heterocycles. The van der Waals surface area contributed by atoms with E-state index in [1.54, 1.807) is 7.11 Å². The van der Waals surface area contributed by atoms with Gasteiger partial charge < -0.3 is 10.1 Å². The maximum Gasteiger partial charge on any atom is 0.125 e. The Morgan fingerprint density at radius 1 is 1.10 bits per heavy atom. The molecule has 0 bridgehead atoms. The molecule has 1 aromatic heterocycles. The number of rotatable bonds is 7. The minimum absolute atomic E-state index is 0.641. The van der Waals surface area contributed by atoms with Gasteiger partial charge in [-0.1, -0.05) is 36.4 Å². The van der Waals surface area contributed by atoms with Crippen LogP contribution in [0.25, 0.3) is 0 Å². The molecule has 0 radical (unpaired) electrons. The number of anilines is 1. The lowest BCUT2D eigenvalue weighted by molar-refractivity contribution is 0.198. The minimum atomic E-state index is 0.641. The lowest BCUT2D eigenvalue weighted by Crippen LogP contribution is -2.05. The zero-order valence-corrected chi connectivity index (χ0v) is 12.5. The van der Waals surface area contributed by atoms with E-state index in [0.717, 1.165) is 25.4 Å². The van der Waals surface area contributed by atoms with Crippen molar-refractivity contribution in [1.29, 1.82) is 0 Å². The van der Waals surface area contributed by atoms with E-state index in [1.165, 1.54) is 17.5 Å². The SMILES string of the molecule is COCCCNc1ccc([C@@H]2C[C@H]2c2ccccc2)cn1. The Morgan fingerprint density at radius 2 is 1.90 bits per heavy atom. The molecule has 1 saturated carbocycles. The molecule has 0 spiro atoms. The van der Waals surface area contributed by atoms with Gasteiger partial charge in [-0.05, 0) is 41.9 Å². The zero-order valence-electron chi connectivity index (χ0n) is 12.5. The number of nitrogens with one attached hydrogen (secondary N) is 1. The summed E-state index contributed by atoms with van der Waals surface area (Å²) >= 11 is 0. The van der Waals surface area contributed by atoms with Crippen molar-refractivity contribution in [3.05, 3.63) is 59.8 Å². The molecule has 1 aliphatic rings. The third-order valence-corrected chi connectivity index (χ3v) is 4.06. The van der Waals surface area contributed by atoms with Crippen molar-refractivity contribution in [1.82, 2.24) is 4.98 Å². The Hall–Kier alpha value is -1.87. The van der Waals surface area contributed by atoms with E-state index < -0.39 is 0 Å². The summed E-state index contributed by atoms with van der Waals surface area (Å²) in [5.74, 6) is 2.27. The van der Waals surface area contributed by atoms with Crippen molar-refractivity contribution < 1.29 is 4.74 Å². The van der Waals surface area contributed by atoms with Crippen LogP contribution in [0, 0.1) is 0 Å². The third-order valence-electron chi connectivity index (χ3n) is 4.06. The maximum atomic E-state index is 5.03. The first-order valence-electron chi connectivity index (χ1n) is 7.62. The number of ether oxygens (including phenoxy) is 1. The van der Waals surface area contributed by atoms with Gasteiger partial charge in [-0.3, -0.25) is 0 Å². The summed E-state index contributed by atoms with van der Waals surface area (Å²) in [4.78, 5) is 4.51. The van der Waals surface area contributed by atoms with E-state index in [2.05, 4.69) is 52.8 Å². The molecule has 0 saturated heterocycles. The first-order chi connectivity index (χ1) is 10.4. The van der Waals surface area contributed by atoms with Crippen LogP contribution in [0.5, 0.6) is 0 Å². The summed E-state index contributed by atoms with van der Waals surface area (Å²) in [5, 5.41) is 3.32. The fourth-order valence-electron chi connectivity index (χ4n) is 2.79. The van der Waals surface area contributed by atoms with Crippen molar-refractivity contribution in [2.24, 2.45) is 0 Å².